The Kier molecular flexibility index (Phi) is 5.57. The number of carbonyl (C=O) groups excluding carboxylic acids is 2. The van der Waals surface area contributed by atoms with Gasteiger partial charge in [0, 0.05) is 34.6 Å². The van der Waals surface area contributed by atoms with Crippen LogP contribution in [-0.4, -0.2) is 16.1 Å². The first-order chi connectivity index (χ1) is 12.9. The average Bonchev–Trinajstić information content (AvgIpc) is 2.92. The fraction of sp³-hybridized carbons (Fsp3) is 0.227. The number of carbonyl (C=O) groups is 2. The lowest BCUT2D eigenvalue weighted by Crippen LogP contribution is -2.38. The second-order valence-corrected chi connectivity index (χ2v) is 7.11. The van der Waals surface area contributed by atoms with Gasteiger partial charge in [-0.25, -0.2) is 0 Å². The molecule has 1 aromatic carbocycles. The minimum Gasteiger partial charge on any atom is -0.344 e. The molecule has 5 heteroatoms. The summed E-state index contributed by atoms with van der Waals surface area (Å²) in [5.74, 6) is -0.00562. The number of halogens is 1. The third-order valence-electron chi connectivity index (χ3n) is 4.75. The maximum absolute atomic E-state index is 12.9. The molecule has 0 fully saturated rings. The van der Waals surface area contributed by atoms with Gasteiger partial charge >= 0.3 is 0 Å². The number of hydrogen-bond donors (Lipinski definition) is 0. The van der Waals surface area contributed by atoms with Crippen LogP contribution in [0.25, 0.3) is 0 Å². The van der Waals surface area contributed by atoms with Gasteiger partial charge in [-0.15, -0.1) is 0 Å². The zero-order valence-corrected chi connectivity index (χ0v) is 16.5. The third kappa shape index (κ3) is 4.17. The minimum atomic E-state index is -0.0188. The first-order valence-corrected chi connectivity index (χ1v) is 9.18. The fourth-order valence-electron chi connectivity index (χ4n) is 3.20. The van der Waals surface area contributed by atoms with Gasteiger partial charge in [-0.05, 0) is 44.5 Å². The van der Waals surface area contributed by atoms with Crippen LogP contribution in [0.2, 0.25) is 5.02 Å². The highest BCUT2D eigenvalue weighted by Crippen LogP contribution is 2.21. The molecular weight excluding hydrogens is 360 g/mol. The highest BCUT2D eigenvalue weighted by Gasteiger charge is 2.20. The van der Waals surface area contributed by atoms with Crippen LogP contribution >= 0.6 is 11.6 Å². The molecule has 3 rings (SSSR count). The molecule has 0 amide bonds. The number of ketones is 2. The van der Waals surface area contributed by atoms with Crippen LogP contribution in [0.4, 0.5) is 0 Å². The largest absolute Gasteiger partial charge is 0.344 e. The van der Waals surface area contributed by atoms with Gasteiger partial charge in [-0.1, -0.05) is 29.8 Å². The van der Waals surface area contributed by atoms with E-state index >= 15 is 0 Å². The maximum Gasteiger partial charge on any atom is 0.229 e. The Morgan fingerprint density at radius 3 is 2.56 bits per heavy atom. The minimum absolute atomic E-state index is 0.0132. The van der Waals surface area contributed by atoms with Crippen molar-refractivity contribution in [3.63, 3.8) is 0 Å². The number of nitrogens with zero attached hydrogens (tertiary/aromatic N) is 2. The SMILES string of the molecule is CC(=O)c1ccc[n+](CC(=O)c2cc(C)n(Cc3ccccc3Cl)c2C)c1. The van der Waals surface area contributed by atoms with Crippen LogP contribution in [0.15, 0.2) is 54.9 Å². The molecule has 0 saturated heterocycles. The summed E-state index contributed by atoms with van der Waals surface area (Å²) >= 11 is 6.28. The molecule has 0 aliphatic heterocycles. The molecule has 0 unspecified atom stereocenters. The van der Waals surface area contributed by atoms with Crippen LogP contribution < -0.4 is 4.57 Å². The van der Waals surface area contributed by atoms with Crippen molar-refractivity contribution in [3.8, 4) is 0 Å². The van der Waals surface area contributed by atoms with Crippen molar-refractivity contribution in [2.75, 3.05) is 0 Å². The smallest absolute Gasteiger partial charge is 0.229 e. The van der Waals surface area contributed by atoms with Crippen molar-refractivity contribution in [2.24, 2.45) is 0 Å². The zero-order chi connectivity index (χ0) is 19.6. The van der Waals surface area contributed by atoms with Gasteiger partial charge in [-0.2, -0.15) is 4.57 Å². The molecule has 2 heterocycles. The summed E-state index contributed by atoms with van der Waals surface area (Å²) in [5, 5.41) is 0.717. The molecular formula is C22H22ClN2O2+. The van der Waals surface area contributed by atoms with E-state index in [-0.39, 0.29) is 18.1 Å². The van der Waals surface area contributed by atoms with E-state index in [1.54, 1.807) is 29.1 Å². The predicted octanol–water partition coefficient (Wildman–Crippen LogP) is 4.18. The monoisotopic (exact) mass is 381 g/mol. The van der Waals surface area contributed by atoms with E-state index in [0.717, 1.165) is 22.0 Å². The molecule has 0 aliphatic rings. The standard InChI is InChI=1S/C22H22ClN2O2/c1-15-11-20(16(2)25(15)13-19-7-4-5-9-21(19)23)22(27)14-24-10-6-8-18(12-24)17(3)26/h4-12H,13-14H2,1-3H3/q+1. The van der Waals surface area contributed by atoms with E-state index in [9.17, 15) is 9.59 Å². The summed E-state index contributed by atoms with van der Waals surface area (Å²) in [7, 11) is 0. The number of aromatic nitrogens is 2. The van der Waals surface area contributed by atoms with E-state index in [1.807, 2.05) is 44.2 Å². The average molecular weight is 382 g/mol. The number of rotatable bonds is 6. The molecule has 0 atom stereocenters. The fourth-order valence-corrected chi connectivity index (χ4v) is 3.40. The Hall–Kier alpha value is -2.72. The predicted molar refractivity (Wildman–Crippen MR) is 105 cm³/mol. The number of benzene rings is 1. The number of hydrogen-bond acceptors (Lipinski definition) is 2. The van der Waals surface area contributed by atoms with E-state index in [0.29, 0.717) is 17.7 Å². The molecule has 0 radical (unpaired) electrons. The van der Waals surface area contributed by atoms with Gasteiger partial charge < -0.3 is 4.57 Å². The van der Waals surface area contributed by atoms with Gasteiger partial charge in [0.1, 0.15) is 0 Å². The summed E-state index contributed by atoms with van der Waals surface area (Å²) in [6.07, 6.45) is 3.51. The topological polar surface area (TPSA) is 42.9 Å². The first-order valence-electron chi connectivity index (χ1n) is 8.80. The molecule has 0 saturated carbocycles. The molecule has 138 valence electrons. The van der Waals surface area contributed by atoms with Gasteiger partial charge in [0.15, 0.2) is 18.2 Å². The highest BCUT2D eigenvalue weighted by molar-refractivity contribution is 6.31. The Bertz CT molecular complexity index is 1020. The van der Waals surface area contributed by atoms with E-state index < -0.39 is 0 Å². The van der Waals surface area contributed by atoms with Crippen molar-refractivity contribution < 1.29 is 14.2 Å². The quantitative estimate of drug-likeness (QED) is 0.475. The van der Waals surface area contributed by atoms with Crippen molar-refractivity contribution in [1.29, 1.82) is 0 Å². The van der Waals surface area contributed by atoms with Gasteiger partial charge in [0.25, 0.3) is 0 Å². The van der Waals surface area contributed by atoms with Crippen LogP contribution in [0.3, 0.4) is 0 Å². The third-order valence-corrected chi connectivity index (χ3v) is 5.12. The highest BCUT2D eigenvalue weighted by atomic mass is 35.5. The molecule has 2 aromatic heterocycles. The van der Waals surface area contributed by atoms with Gasteiger partial charge in [-0.3, -0.25) is 9.59 Å². The van der Waals surface area contributed by atoms with Gasteiger partial charge in [0.2, 0.25) is 12.3 Å². The number of Topliss-reactive ketones (excluding diaryl/α,β-unsaturated/α-hetero) is 2. The summed E-state index contributed by atoms with van der Waals surface area (Å²) in [6.45, 7) is 6.27. The summed E-state index contributed by atoms with van der Waals surface area (Å²) < 4.78 is 3.85. The summed E-state index contributed by atoms with van der Waals surface area (Å²) in [5.41, 5.74) is 4.23. The second-order valence-electron chi connectivity index (χ2n) is 6.71. The van der Waals surface area contributed by atoms with Crippen molar-refractivity contribution in [1.82, 2.24) is 4.57 Å². The summed E-state index contributed by atoms with van der Waals surface area (Å²) in [4.78, 5) is 24.4. The van der Waals surface area contributed by atoms with Gasteiger partial charge in [0.05, 0.1) is 5.56 Å². The molecule has 0 bridgehead atoms. The Labute approximate surface area is 164 Å². The van der Waals surface area contributed by atoms with E-state index in [4.69, 9.17) is 11.6 Å². The van der Waals surface area contributed by atoms with Crippen LogP contribution in [0.1, 0.15) is 44.6 Å². The van der Waals surface area contributed by atoms with Crippen LogP contribution in [0, 0.1) is 13.8 Å². The lowest BCUT2D eigenvalue weighted by Gasteiger charge is -2.11. The van der Waals surface area contributed by atoms with E-state index in [1.165, 1.54) is 6.92 Å². The second kappa shape index (κ2) is 7.89. The van der Waals surface area contributed by atoms with Crippen molar-refractivity contribution in [3.05, 3.63) is 88.0 Å². The van der Waals surface area contributed by atoms with Crippen molar-refractivity contribution in [2.45, 2.75) is 33.9 Å². The lowest BCUT2D eigenvalue weighted by atomic mass is 10.1. The molecule has 0 spiro atoms. The molecule has 27 heavy (non-hydrogen) atoms. The Morgan fingerprint density at radius 2 is 1.85 bits per heavy atom. The summed E-state index contributed by atoms with van der Waals surface area (Å²) in [6, 6.07) is 13.2. The normalized spacial score (nSPS) is 10.8. The first kappa shape index (κ1) is 19.1. The maximum atomic E-state index is 12.9. The van der Waals surface area contributed by atoms with Crippen LogP contribution in [-0.2, 0) is 13.1 Å². The number of aryl methyl sites for hydroxylation is 1. The molecule has 4 nitrogen and oxygen atoms in total. The Morgan fingerprint density at radius 1 is 1.11 bits per heavy atom. The molecule has 3 aromatic rings. The lowest BCUT2D eigenvalue weighted by molar-refractivity contribution is -0.683. The zero-order valence-electron chi connectivity index (χ0n) is 15.7. The van der Waals surface area contributed by atoms with Crippen molar-refractivity contribution >= 4 is 23.2 Å². The molecule has 0 N–H and O–H groups in total. The number of pyridine rings is 1. The Balaban J connectivity index is 1.85. The van der Waals surface area contributed by atoms with Crippen LogP contribution in [0.5, 0.6) is 0 Å². The molecule has 0 aliphatic carbocycles. The van der Waals surface area contributed by atoms with E-state index in [2.05, 4.69) is 4.57 Å².